The summed E-state index contributed by atoms with van der Waals surface area (Å²) in [7, 11) is -3.30. The molecule has 1 atom stereocenters. The highest BCUT2D eigenvalue weighted by atomic mass is 32.2. The number of nitrogens with zero attached hydrogens (tertiary/aromatic N) is 1. The van der Waals surface area contributed by atoms with Crippen molar-refractivity contribution in [2.45, 2.75) is 46.4 Å². The molecule has 0 amide bonds. The summed E-state index contributed by atoms with van der Waals surface area (Å²) in [5.74, 6) is 0.0521. The number of hydrogen-bond acceptors (Lipinski definition) is 3. The Morgan fingerprint density at radius 1 is 1.14 bits per heavy atom. The Morgan fingerprint density at radius 3 is 2.14 bits per heavy atom. The normalized spacial score (nSPS) is 13.6. The number of benzene rings is 1. The number of hydrogen-bond donors (Lipinski definition) is 1. The first-order valence-electron chi connectivity index (χ1n) is 7.57. The van der Waals surface area contributed by atoms with E-state index in [9.17, 15) is 8.42 Å². The molecule has 5 heteroatoms. The molecule has 0 radical (unpaired) electrons. The van der Waals surface area contributed by atoms with Gasteiger partial charge in [-0.25, -0.2) is 13.1 Å². The third-order valence-corrected chi connectivity index (χ3v) is 5.29. The standard InChI is InChI=1S/C16H28N2O2S/c1-6-18(7-2)15(5)11-17-21(19,20)12-16-13(3)9-8-10-14(16)4/h8-10,15,17H,6-7,11-12H2,1-5H3. The molecular formula is C16H28N2O2S. The summed E-state index contributed by atoms with van der Waals surface area (Å²) < 4.78 is 27.3. The first-order valence-corrected chi connectivity index (χ1v) is 9.22. The van der Waals surface area contributed by atoms with E-state index in [-0.39, 0.29) is 11.8 Å². The Labute approximate surface area is 129 Å². The maximum atomic E-state index is 12.3. The molecule has 120 valence electrons. The van der Waals surface area contributed by atoms with Crippen molar-refractivity contribution in [1.29, 1.82) is 0 Å². The van der Waals surface area contributed by atoms with Crippen molar-refractivity contribution in [3.8, 4) is 0 Å². The van der Waals surface area contributed by atoms with Gasteiger partial charge in [-0.2, -0.15) is 0 Å². The third-order valence-electron chi connectivity index (χ3n) is 4.01. The summed E-state index contributed by atoms with van der Waals surface area (Å²) in [4.78, 5) is 2.24. The smallest absolute Gasteiger partial charge is 0.215 e. The third kappa shape index (κ3) is 5.41. The van der Waals surface area contributed by atoms with Gasteiger partial charge in [0.25, 0.3) is 0 Å². The van der Waals surface area contributed by atoms with Crippen LogP contribution in [0.1, 0.15) is 37.5 Å². The average molecular weight is 312 g/mol. The van der Waals surface area contributed by atoms with Gasteiger partial charge in [0.1, 0.15) is 0 Å². The van der Waals surface area contributed by atoms with Crippen molar-refractivity contribution in [2.75, 3.05) is 19.6 Å². The van der Waals surface area contributed by atoms with E-state index in [2.05, 4.69) is 30.4 Å². The van der Waals surface area contributed by atoms with E-state index >= 15 is 0 Å². The van der Waals surface area contributed by atoms with E-state index < -0.39 is 10.0 Å². The topological polar surface area (TPSA) is 49.4 Å². The van der Waals surface area contributed by atoms with Gasteiger partial charge in [0.2, 0.25) is 10.0 Å². The molecule has 0 saturated carbocycles. The molecule has 0 aliphatic heterocycles. The van der Waals surface area contributed by atoms with Crippen LogP contribution in [0.25, 0.3) is 0 Å². The fourth-order valence-electron chi connectivity index (χ4n) is 2.54. The molecule has 1 N–H and O–H groups in total. The van der Waals surface area contributed by atoms with E-state index in [1.54, 1.807) is 0 Å². The van der Waals surface area contributed by atoms with Crippen molar-refractivity contribution in [3.05, 3.63) is 34.9 Å². The van der Waals surface area contributed by atoms with Crippen LogP contribution in [0.15, 0.2) is 18.2 Å². The number of likely N-dealkylation sites (N-methyl/N-ethyl adjacent to an activating group) is 1. The molecule has 0 spiro atoms. The molecule has 0 aliphatic carbocycles. The van der Waals surface area contributed by atoms with Gasteiger partial charge < -0.3 is 0 Å². The van der Waals surface area contributed by atoms with Gasteiger partial charge in [-0.1, -0.05) is 32.0 Å². The van der Waals surface area contributed by atoms with Crippen LogP contribution in [-0.2, 0) is 15.8 Å². The lowest BCUT2D eigenvalue weighted by molar-refractivity contribution is 0.232. The second-order valence-corrected chi connectivity index (χ2v) is 7.35. The Kier molecular flexibility index (Phi) is 6.84. The van der Waals surface area contributed by atoms with Gasteiger partial charge in [-0.15, -0.1) is 0 Å². The van der Waals surface area contributed by atoms with E-state index in [1.807, 2.05) is 32.0 Å². The van der Waals surface area contributed by atoms with Gasteiger partial charge in [0.05, 0.1) is 5.75 Å². The van der Waals surface area contributed by atoms with Crippen molar-refractivity contribution in [3.63, 3.8) is 0 Å². The first kappa shape index (κ1) is 18.1. The van der Waals surface area contributed by atoms with E-state index in [4.69, 9.17) is 0 Å². The van der Waals surface area contributed by atoms with Crippen LogP contribution in [0.3, 0.4) is 0 Å². The van der Waals surface area contributed by atoms with Gasteiger partial charge in [-0.3, -0.25) is 4.90 Å². The molecule has 21 heavy (non-hydrogen) atoms. The number of nitrogens with one attached hydrogen (secondary N) is 1. The van der Waals surface area contributed by atoms with Gasteiger partial charge in [0, 0.05) is 12.6 Å². The molecule has 1 aromatic rings. The van der Waals surface area contributed by atoms with Gasteiger partial charge in [-0.05, 0) is 50.6 Å². The summed E-state index contributed by atoms with van der Waals surface area (Å²) in [6.45, 7) is 12.4. The molecule has 0 aromatic heterocycles. The van der Waals surface area contributed by atoms with Crippen LogP contribution in [0, 0.1) is 13.8 Å². The Bertz CT molecular complexity index is 531. The molecule has 0 heterocycles. The Hall–Kier alpha value is -0.910. The Morgan fingerprint density at radius 2 is 1.67 bits per heavy atom. The predicted octanol–water partition coefficient (Wildman–Crippen LogP) is 2.45. The van der Waals surface area contributed by atoms with E-state index in [0.29, 0.717) is 6.54 Å². The predicted molar refractivity (Wildman–Crippen MR) is 88.9 cm³/mol. The average Bonchev–Trinajstić information content (AvgIpc) is 2.42. The second kappa shape index (κ2) is 7.92. The van der Waals surface area contributed by atoms with Crippen molar-refractivity contribution < 1.29 is 8.42 Å². The fraction of sp³-hybridized carbons (Fsp3) is 0.625. The van der Waals surface area contributed by atoms with Crippen molar-refractivity contribution in [1.82, 2.24) is 9.62 Å². The second-order valence-electron chi connectivity index (χ2n) is 5.55. The van der Waals surface area contributed by atoms with E-state index in [0.717, 1.165) is 29.8 Å². The lowest BCUT2D eigenvalue weighted by atomic mass is 10.1. The van der Waals surface area contributed by atoms with Crippen LogP contribution in [0.5, 0.6) is 0 Å². The lowest BCUT2D eigenvalue weighted by Gasteiger charge is -2.26. The molecule has 1 rings (SSSR count). The quantitative estimate of drug-likeness (QED) is 0.802. The van der Waals surface area contributed by atoms with Gasteiger partial charge in [0.15, 0.2) is 0 Å². The number of aryl methyl sites for hydroxylation is 2. The summed E-state index contributed by atoms with van der Waals surface area (Å²) in [6.07, 6.45) is 0. The minimum atomic E-state index is -3.30. The molecule has 0 aliphatic rings. The molecular weight excluding hydrogens is 284 g/mol. The van der Waals surface area contributed by atoms with Crippen LogP contribution in [0.4, 0.5) is 0 Å². The minimum absolute atomic E-state index is 0.0521. The van der Waals surface area contributed by atoms with Crippen molar-refractivity contribution in [2.24, 2.45) is 0 Å². The van der Waals surface area contributed by atoms with Gasteiger partial charge >= 0.3 is 0 Å². The summed E-state index contributed by atoms with van der Waals surface area (Å²) in [5, 5.41) is 0. The zero-order valence-electron chi connectivity index (χ0n) is 13.8. The molecule has 0 saturated heterocycles. The minimum Gasteiger partial charge on any atom is -0.300 e. The molecule has 0 fully saturated rings. The summed E-state index contributed by atoms with van der Waals surface area (Å²) in [5.41, 5.74) is 2.95. The first-order chi connectivity index (χ1) is 9.80. The lowest BCUT2D eigenvalue weighted by Crippen LogP contribution is -2.42. The van der Waals surface area contributed by atoms with Crippen LogP contribution < -0.4 is 4.72 Å². The number of sulfonamides is 1. The number of rotatable bonds is 8. The molecule has 1 unspecified atom stereocenters. The Balaban J connectivity index is 2.71. The van der Waals surface area contributed by atoms with Crippen LogP contribution >= 0.6 is 0 Å². The van der Waals surface area contributed by atoms with Crippen molar-refractivity contribution >= 4 is 10.0 Å². The fourth-order valence-corrected chi connectivity index (χ4v) is 3.97. The maximum absolute atomic E-state index is 12.3. The molecule has 1 aromatic carbocycles. The molecule has 0 bridgehead atoms. The zero-order chi connectivity index (χ0) is 16.0. The highest BCUT2D eigenvalue weighted by Gasteiger charge is 2.17. The highest BCUT2D eigenvalue weighted by molar-refractivity contribution is 7.88. The SMILES string of the molecule is CCN(CC)C(C)CNS(=O)(=O)Cc1c(C)cccc1C. The summed E-state index contributed by atoms with van der Waals surface area (Å²) >= 11 is 0. The summed E-state index contributed by atoms with van der Waals surface area (Å²) in [6, 6.07) is 6.07. The largest absolute Gasteiger partial charge is 0.300 e. The van der Waals surface area contributed by atoms with Crippen LogP contribution in [0.2, 0.25) is 0 Å². The molecule has 4 nitrogen and oxygen atoms in total. The maximum Gasteiger partial charge on any atom is 0.215 e. The highest BCUT2D eigenvalue weighted by Crippen LogP contribution is 2.16. The monoisotopic (exact) mass is 312 g/mol. The zero-order valence-corrected chi connectivity index (χ0v) is 14.6. The van der Waals surface area contributed by atoms with E-state index in [1.165, 1.54) is 0 Å². The van der Waals surface area contributed by atoms with Crippen LogP contribution in [-0.4, -0.2) is 39.0 Å².